The van der Waals surface area contributed by atoms with E-state index in [0.29, 0.717) is 17.2 Å². The third kappa shape index (κ3) is 5.16. The zero-order valence-electron chi connectivity index (χ0n) is 16.8. The van der Waals surface area contributed by atoms with E-state index < -0.39 is 0 Å². The van der Waals surface area contributed by atoms with Crippen molar-refractivity contribution in [2.45, 2.75) is 13.3 Å². The molecule has 1 saturated heterocycles. The number of halogens is 2. The molecule has 2 aromatic carbocycles. The van der Waals surface area contributed by atoms with E-state index in [1.54, 1.807) is 4.90 Å². The summed E-state index contributed by atoms with van der Waals surface area (Å²) in [5.74, 6) is -0.500. The Hall–Kier alpha value is -2.06. The molecule has 4 rings (SSSR count). The van der Waals surface area contributed by atoms with Crippen LogP contribution in [-0.4, -0.2) is 55.2 Å². The molecular formula is C22H25ClFN3O2S. The first kappa shape index (κ1) is 22.6. The van der Waals surface area contributed by atoms with Crippen LogP contribution in [0.3, 0.4) is 0 Å². The van der Waals surface area contributed by atoms with Crippen molar-refractivity contribution >= 4 is 45.0 Å². The summed E-state index contributed by atoms with van der Waals surface area (Å²) in [7, 11) is 0. The maximum Gasteiger partial charge on any atom is 0.260 e. The average Bonchev–Trinajstić information content (AvgIpc) is 3.17. The molecule has 0 saturated carbocycles. The first-order chi connectivity index (χ1) is 14.1. The molecule has 0 atom stereocenters. The van der Waals surface area contributed by atoms with Gasteiger partial charge in [-0.05, 0) is 49.2 Å². The molecule has 0 N–H and O–H groups in total. The van der Waals surface area contributed by atoms with Crippen molar-refractivity contribution < 1.29 is 13.9 Å². The smallest absolute Gasteiger partial charge is 0.260 e. The van der Waals surface area contributed by atoms with Gasteiger partial charge in [-0.25, -0.2) is 9.37 Å². The van der Waals surface area contributed by atoms with Gasteiger partial charge in [0.2, 0.25) is 0 Å². The number of carbonyl (C=O) groups is 1. The van der Waals surface area contributed by atoms with Crippen LogP contribution >= 0.6 is 23.7 Å². The van der Waals surface area contributed by atoms with Gasteiger partial charge in [0, 0.05) is 31.7 Å². The molecule has 8 heteroatoms. The lowest BCUT2D eigenvalue weighted by Crippen LogP contribution is -2.39. The predicted octanol–water partition coefficient (Wildman–Crippen LogP) is 4.53. The number of aromatic nitrogens is 1. The van der Waals surface area contributed by atoms with Crippen molar-refractivity contribution in [2.75, 3.05) is 44.3 Å². The van der Waals surface area contributed by atoms with Gasteiger partial charge < -0.3 is 4.74 Å². The van der Waals surface area contributed by atoms with E-state index in [0.717, 1.165) is 55.0 Å². The first-order valence-corrected chi connectivity index (χ1v) is 10.7. The van der Waals surface area contributed by atoms with Gasteiger partial charge in [-0.15, -0.1) is 12.4 Å². The highest BCUT2D eigenvalue weighted by Crippen LogP contribution is 2.31. The summed E-state index contributed by atoms with van der Waals surface area (Å²) in [4.78, 5) is 22.1. The number of aryl methyl sites for hydroxylation is 1. The van der Waals surface area contributed by atoms with Crippen LogP contribution in [0.4, 0.5) is 9.52 Å². The summed E-state index contributed by atoms with van der Waals surface area (Å²) in [6.45, 7) is 6.85. The molecule has 1 amide bonds. The molecule has 2 heterocycles. The standard InChI is InChI=1S/C22H24FN3O2S.ClH/c1-16-4-2-5-19-20(16)24-22(29-19)26(11-3-10-25-12-14-28-15-13-25)21(27)17-6-8-18(23)9-7-17;/h2,4-9H,3,10-15H2,1H3;1H. The second kappa shape index (κ2) is 10.3. The molecule has 0 bridgehead atoms. The largest absolute Gasteiger partial charge is 0.379 e. The van der Waals surface area contributed by atoms with E-state index in [1.807, 2.05) is 25.1 Å². The minimum absolute atomic E-state index is 0. The van der Waals surface area contributed by atoms with Crippen molar-refractivity contribution in [3.63, 3.8) is 0 Å². The minimum atomic E-state index is -0.351. The van der Waals surface area contributed by atoms with Crippen LogP contribution in [0.25, 0.3) is 10.2 Å². The Bertz CT molecular complexity index is 990. The predicted molar refractivity (Wildman–Crippen MR) is 122 cm³/mol. The number of morpholine rings is 1. The van der Waals surface area contributed by atoms with Crippen LogP contribution in [0.1, 0.15) is 22.3 Å². The third-order valence-corrected chi connectivity index (χ3v) is 6.18. The van der Waals surface area contributed by atoms with Crippen molar-refractivity contribution in [3.8, 4) is 0 Å². The lowest BCUT2D eigenvalue weighted by Gasteiger charge is -2.27. The molecule has 5 nitrogen and oxygen atoms in total. The molecule has 0 radical (unpaired) electrons. The lowest BCUT2D eigenvalue weighted by molar-refractivity contribution is 0.0376. The number of hydrogen-bond acceptors (Lipinski definition) is 5. The molecule has 0 unspecified atom stereocenters. The quantitative estimate of drug-likeness (QED) is 0.554. The Morgan fingerprint density at radius 1 is 1.20 bits per heavy atom. The molecule has 160 valence electrons. The van der Waals surface area contributed by atoms with Gasteiger partial charge in [-0.3, -0.25) is 14.6 Å². The highest BCUT2D eigenvalue weighted by atomic mass is 35.5. The summed E-state index contributed by atoms with van der Waals surface area (Å²) in [5, 5.41) is 0.686. The van der Waals surface area contributed by atoms with Gasteiger partial charge in [-0.1, -0.05) is 23.5 Å². The fourth-order valence-corrected chi connectivity index (χ4v) is 4.57. The third-order valence-electron chi connectivity index (χ3n) is 5.14. The molecule has 3 aromatic rings. The van der Waals surface area contributed by atoms with E-state index in [9.17, 15) is 9.18 Å². The lowest BCUT2D eigenvalue weighted by atomic mass is 10.2. The van der Waals surface area contributed by atoms with Gasteiger partial charge in [0.25, 0.3) is 5.91 Å². The number of rotatable bonds is 6. The zero-order valence-corrected chi connectivity index (χ0v) is 18.5. The highest BCUT2D eigenvalue weighted by molar-refractivity contribution is 7.22. The summed E-state index contributed by atoms with van der Waals surface area (Å²) in [6, 6.07) is 11.8. The number of carbonyl (C=O) groups excluding carboxylic acids is 1. The average molecular weight is 450 g/mol. The van der Waals surface area contributed by atoms with E-state index in [-0.39, 0.29) is 24.1 Å². The van der Waals surface area contributed by atoms with Crippen LogP contribution in [0.2, 0.25) is 0 Å². The summed E-state index contributed by atoms with van der Waals surface area (Å²) >= 11 is 1.52. The van der Waals surface area contributed by atoms with Crippen molar-refractivity contribution in [2.24, 2.45) is 0 Å². The number of anilines is 1. The van der Waals surface area contributed by atoms with Gasteiger partial charge >= 0.3 is 0 Å². The topological polar surface area (TPSA) is 45.7 Å². The maximum atomic E-state index is 13.3. The fraction of sp³-hybridized carbons (Fsp3) is 0.364. The Balaban J connectivity index is 0.00000256. The van der Waals surface area contributed by atoms with E-state index >= 15 is 0 Å². The van der Waals surface area contributed by atoms with Crippen molar-refractivity contribution in [1.82, 2.24) is 9.88 Å². The molecule has 30 heavy (non-hydrogen) atoms. The Morgan fingerprint density at radius 2 is 1.93 bits per heavy atom. The SMILES string of the molecule is Cc1cccc2sc(N(CCCN3CCOCC3)C(=O)c3ccc(F)cc3)nc12.Cl. The Kier molecular flexibility index (Phi) is 7.77. The van der Waals surface area contributed by atoms with Crippen LogP contribution < -0.4 is 4.90 Å². The zero-order chi connectivity index (χ0) is 20.2. The number of ether oxygens (including phenoxy) is 1. The van der Waals surface area contributed by atoms with E-state index in [4.69, 9.17) is 9.72 Å². The maximum absolute atomic E-state index is 13.3. The van der Waals surface area contributed by atoms with Gasteiger partial charge in [0.1, 0.15) is 5.82 Å². The number of fused-ring (bicyclic) bond motifs is 1. The summed E-state index contributed by atoms with van der Waals surface area (Å²) < 4.78 is 19.8. The minimum Gasteiger partial charge on any atom is -0.379 e. The van der Waals surface area contributed by atoms with Crippen LogP contribution in [0, 0.1) is 12.7 Å². The van der Waals surface area contributed by atoms with Crippen LogP contribution in [-0.2, 0) is 4.74 Å². The number of benzene rings is 2. The number of nitrogens with zero attached hydrogens (tertiary/aromatic N) is 3. The number of hydrogen-bond donors (Lipinski definition) is 0. The molecule has 1 aliphatic heterocycles. The molecule has 1 fully saturated rings. The van der Waals surface area contributed by atoms with Gasteiger partial charge in [0.05, 0.1) is 23.4 Å². The van der Waals surface area contributed by atoms with Crippen molar-refractivity contribution in [3.05, 3.63) is 59.4 Å². The first-order valence-electron chi connectivity index (χ1n) is 9.85. The van der Waals surface area contributed by atoms with Crippen molar-refractivity contribution in [1.29, 1.82) is 0 Å². The molecular weight excluding hydrogens is 425 g/mol. The van der Waals surface area contributed by atoms with Gasteiger partial charge in [0.15, 0.2) is 5.13 Å². The second-order valence-corrected chi connectivity index (χ2v) is 8.20. The second-order valence-electron chi connectivity index (χ2n) is 7.19. The normalized spacial score (nSPS) is 14.5. The Morgan fingerprint density at radius 3 is 2.63 bits per heavy atom. The number of amides is 1. The monoisotopic (exact) mass is 449 g/mol. The summed E-state index contributed by atoms with van der Waals surface area (Å²) in [5.41, 5.74) is 2.49. The molecule has 0 spiro atoms. The number of para-hydroxylation sites is 1. The highest BCUT2D eigenvalue weighted by Gasteiger charge is 2.22. The number of thiazole rings is 1. The van der Waals surface area contributed by atoms with E-state index in [1.165, 1.54) is 35.6 Å². The van der Waals surface area contributed by atoms with Gasteiger partial charge in [-0.2, -0.15) is 0 Å². The molecule has 1 aromatic heterocycles. The molecule has 1 aliphatic rings. The van der Waals surface area contributed by atoms with E-state index in [2.05, 4.69) is 4.90 Å². The Labute approximate surface area is 185 Å². The fourth-order valence-electron chi connectivity index (χ4n) is 3.50. The van der Waals surface area contributed by atoms with Crippen LogP contribution in [0.15, 0.2) is 42.5 Å². The summed E-state index contributed by atoms with van der Waals surface area (Å²) in [6.07, 6.45) is 0.835. The molecule has 0 aliphatic carbocycles. The van der Waals surface area contributed by atoms with Crippen LogP contribution in [0.5, 0.6) is 0 Å².